The van der Waals surface area contributed by atoms with E-state index in [2.05, 4.69) is 16.0 Å². The number of aliphatic carboxylic acids is 1. The number of phenolic OH excluding ortho intramolecular Hbond substituents is 1. The quantitative estimate of drug-likeness (QED) is 0.279. The van der Waals surface area contributed by atoms with Crippen LogP contribution in [0, 0.1) is 5.92 Å². The highest BCUT2D eigenvalue weighted by Gasteiger charge is 2.24. The molecule has 0 aliphatic rings. The maximum Gasteiger partial charge on any atom is 0.326 e. The van der Waals surface area contributed by atoms with Crippen molar-refractivity contribution in [2.75, 3.05) is 6.54 Å². The number of hydrogen-bond acceptors (Lipinski definition) is 6. The Kier molecular flexibility index (Phi) is 9.76. The van der Waals surface area contributed by atoms with E-state index in [1.165, 1.54) is 19.1 Å². The number of hydrogen-bond donors (Lipinski definition) is 6. The van der Waals surface area contributed by atoms with E-state index in [1.54, 1.807) is 12.1 Å². The summed E-state index contributed by atoms with van der Waals surface area (Å²) in [6, 6.07) is 3.32. The highest BCUT2D eigenvalue weighted by molar-refractivity contribution is 5.92. The maximum atomic E-state index is 12.1. The molecule has 0 aromatic heterocycles. The van der Waals surface area contributed by atoms with Crippen LogP contribution in [0.15, 0.2) is 24.3 Å². The molecule has 1 aromatic rings. The Labute approximate surface area is 175 Å². The second kappa shape index (κ2) is 11.8. The van der Waals surface area contributed by atoms with Crippen molar-refractivity contribution in [1.82, 2.24) is 16.0 Å². The summed E-state index contributed by atoms with van der Waals surface area (Å²) in [5.41, 5.74) is 6.57. The molecule has 0 fully saturated rings. The fourth-order valence-corrected chi connectivity index (χ4v) is 2.62. The molecule has 166 valence electrons. The Morgan fingerprint density at radius 1 is 1.00 bits per heavy atom. The molecule has 0 radical (unpaired) electrons. The van der Waals surface area contributed by atoms with Crippen molar-refractivity contribution in [3.8, 4) is 5.75 Å². The molecule has 3 unspecified atom stereocenters. The number of rotatable bonds is 11. The maximum absolute atomic E-state index is 12.1. The molecule has 10 nitrogen and oxygen atoms in total. The van der Waals surface area contributed by atoms with Crippen LogP contribution in [0.1, 0.15) is 32.8 Å². The first-order valence-corrected chi connectivity index (χ1v) is 9.63. The number of carbonyl (C=O) groups excluding carboxylic acids is 3. The predicted molar refractivity (Wildman–Crippen MR) is 109 cm³/mol. The molecular formula is C20H30N4O6. The topological polar surface area (TPSA) is 171 Å². The van der Waals surface area contributed by atoms with Gasteiger partial charge in [-0.1, -0.05) is 26.0 Å². The van der Waals surface area contributed by atoms with Crippen LogP contribution in [0.4, 0.5) is 0 Å². The van der Waals surface area contributed by atoms with Crippen molar-refractivity contribution < 1.29 is 29.4 Å². The number of nitrogens with one attached hydrogen (secondary N) is 3. The Balaban J connectivity index is 2.44. The van der Waals surface area contributed by atoms with Gasteiger partial charge in [-0.15, -0.1) is 0 Å². The minimum atomic E-state index is -1.15. The fourth-order valence-electron chi connectivity index (χ4n) is 2.62. The normalized spacial score (nSPS) is 13.8. The van der Waals surface area contributed by atoms with Gasteiger partial charge in [0.1, 0.15) is 17.8 Å². The van der Waals surface area contributed by atoms with E-state index in [4.69, 9.17) is 5.73 Å². The Bertz CT molecular complexity index is 750. The summed E-state index contributed by atoms with van der Waals surface area (Å²) in [4.78, 5) is 47.4. The molecule has 0 aliphatic heterocycles. The van der Waals surface area contributed by atoms with E-state index in [-0.39, 0.29) is 31.1 Å². The SMILES string of the molecule is CC(C)CC(NC(=O)C(C)NC(=O)CNC(=O)C(N)Cc1ccc(O)cc1)C(=O)O. The first kappa shape index (κ1) is 24.9. The van der Waals surface area contributed by atoms with Gasteiger partial charge in [0.05, 0.1) is 12.6 Å². The van der Waals surface area contributed by atoms with Crippen LogP contribution in [0.3, 0.4) is 0 Å². The third-order valence-electron chi connectivity index (χ3n) is 4.24. The van der Waals surface area contributed by atoms with Gasteiger partial charge in [-0.3, -0.25) is 14.4 Å². The summed E-state index contributed by atoms with van der Waals surface area (Å²) in [7, 11) is 0. The minimum absolute atomic E-state index is 0.0669. The van der Waals surface area contributed by atoms with Crippen molar-refractivity contribution in [1.29, 1.82) is 0 Å². The van der Waals surface area contributed by atoms with Crippen molar-refractivity contribution in [2.24, 2.45) is 11.7 Å². The monoisotopic (exact) mass is 422 g/mol. The Hall–Kier alpha value is -3.14. The lowest BCUT2D eigenvalue weighted by Crippen LogP contribution is -2.52. The standard InChI is InChI=1S/C20H30N4O6/c1-11(2)8-16(20(29)30)24-18(27)12(3)23-17(26)10-22-19(28)15(21)9-13-4-6-14(25)7-5-13/h4-7,11-12,15-16,25H,8-10,21H2,1-3H3,(H,22,28)(H,23,26)(H,24,27)(H,29,30). The van der Waals surface area contributed by atoms with Gasteiger partial charge in [0, 0.05) is 0 Å². The summed E-state index contributed by atoms with van der Waals surface area (Å²) in [5.74, 6) is -2.77. The first-order chi connectivity index (χ1) is 14.0. The Morgan fingerprint density at radius 2 is 1.60 bits per heavy atom. The van der Waals surface area contributed by atoms with Crippen molar-refractivity contribution >= 4 is 23.7 Å². The third-order valence-corrected chi connectivity index (χ3v) is 4.24. The summed E-state index contributed by atoms with van der Waals surface area (Å²) < 4.78 is 0. The number of benzene rings is 1. The number of amides is 3. The second-order valence-electron chi connectivity index (χ2n) is 7.51. The largest absolute Gasteiger partial charge is 0.508 e. The van der Waals surface area contributed by atoms with Crippen LogP contribution >= 0.6 is 0 Å². The van der Waals surface area contributed by atoms with E-state index >= 15 is 0 Å². The molecule has 3 atom stereocenters. The minimum Gasteiger partial charge on any atom is -0.508 e. The molecule has 1 aromatic carbocycles. The van der Waals surface area contributed by atoms with Crippen molar-refractivity contribution in [3.05, 3.63) is 29.8 Å². The molecular weight excluding hydrogens is 392 g/mol. The van der Waals surface area contributed by atoms with Crippen molar-refractivity contribution in [2.45, 2.75) is 51.7 Å². The van der Waals surface area contributed by atoms with E-state index < -0.39 is 41.8 Å². The van der Waals surface area contributed by atoms with Crippen LogP contribution in [-0.4, -0.2) is 58.6 Å². The van der Waals surface area contributed by atoms with Gasteiger partial charge >= 0.3 is 5.97 Å². The zero-order valence-corrected chi connectivity index (χ0v) is 17.3. The van der Waals surface area contributed by atoms with Crippen LogP contribution in [-0.2, 0) is 25.6 Å². The zero-order valence-electron chi connectivity index (χ0n) is 17.3. The number of aromatic hydroxyl groups is 1. The van der Waals surface area contributed by atoms with Gasteiger partial charge in [-0.2, -0.15) is 0 Å². The lowest BCUT2D eigenvalue weighted by molar-refractivity contribution is -0.142. The zero-order chi connectivity index (χ0) is 22.8. The summed E-state index contributed by atoms with van der Waals surface area (Å²) in [6.45, 7) is 4.71. The number of carboxylic acid groups (broad SMARTS) is 1. The molecule has 0 bridgehead atoms. The van der Waals surface area contributed by atoms with E-state index in [9.17, 15) is 29.4 Å². The van der Waals surface area contributed by atoms with Gasteiger partial charge in [0.2, 0.25) is 17.7 Å². The first-order valence-electron chi connectivity index (χ1n) is 9.63. The molecule has 0 spiro atoms. The average molecular weight is 422 g/mol. The van der Waals surface area contributed by atoms with Gasteiger partial charge in [0.25, 0.3) is 0 Å². The summed E-state index contributed by atoms with van der Waals surface area (Å²) in [6.07, 6.45) is 0.482. The van der Waals surface area contributed by atoms with Crippen LogP contribution < -0.4 is 21.7 Å². The van der Waals surface area contributed by atoms with Crippen LogP contribution in [0.25, 0.3) is 0 Å². The highest BCUT2D eigenvalue weighted by atomic mass is 16.4. The highest BCUT2D eigenvalue weighted by Crippen LogP contribution is 2.10. The lowest BCUT2D eigenvalue weighted by atomic mass is 10.0. The Morgan fingerprint density at radius 3 is 2.13 bits per heavy atom. The molecule has 10 heteroatoms. The van der Waals surface area contributed by atoms with Crippen LogP contribution in [0.5, 0.6) is 5.75 Å². The molecule has 0 aliphatic carbocycles. The molecule has 30 heavy (non-hydrogen) atoms. The third kappa shape index (κ3) is 8.91. The molecule has 0 saturated carbocycles. The van der Waals surface area contributed by atoms with E-state index in [1.807, 2.05) is 13.8 Å². The average Bonchev–Trinajstić information content (AvgIpc) is 2.66. The number of carbonyl (C=O) groups is 4. The van der Waals surface area contributed by atoms with Crippen LogP contribution in [0.2, 0.25) is 0 Å². The number of nitrogens with two attached hydrogens (primary N) is 1. The summed E-state index contributed by atoms with van der Waals surface area (Å²) in [5, 5.41) is 25.6. The van der Waals surface area contributed by atoms with Gasteiger partial charge < -0.3 is 31.9 Å². The smallest absolute Gasteiger partial charge is 0.326 e. The van der Waals surface area contributed by atoms with E-state index in [0.29, 0.717) is 0 Å². The van der Waals surface area contributed by atoms with Gasteiger partial charge in [-0.25, -0.2) is 4.79 Å². The molecule has 0 heterocycles. The van der Waals surface area contributed by atoms with Gasteiger partial charge in [0.15, 0.2) is 0 Å². The predicted octanol–water partition coefficient (Wildman–Crippen LogP) is -0.502. The molecule has 1 rings (SSSR count). The number of phenols is 1. The molecule has 3 amide bonds. The fraction of sp³-hybridized carbons (Fsp3) is 0.500. The lowest BCUT2D eigenvalue weighted by Gasteiger charge is -2.20. The van der Waals surface area contributed by atoms with Gasteiger partial charge in [-0.05, 0) is 43.4 Å². The number of carboxylic acids is 1. The van der Waals surface area contributed by atoms with E-state index in [0.717, 1.165) is 5.56 Å². The van der Waals surface area contributed by atoms with Crippen molar-refractivity contribution in [3.63, 3.8) is 0 Å². The second-order valence-corrected chi connectivity index (χ2v) is 7.51. The summed E-state index contributed by atoms with van der Waals surface area (Å²) >= 11 is 0. The molecule has 7 N–H and O–H groups in total. The molecule has 0 saturated heterocycles.